The third-order valence-electron chi connectivity index (χ3n) is 3.43. The molecule has 0 atom stereocenters. The summed E-state index contributed by atoms with van der Waals surface area (Å²) in [4.78, 5) is 12.0. The van der Waals surface area contributed by atoms with Gasteiger partial charge in [0.05, 0.1) is 12.2 Å². The summed E-state index contributed by atoms with van der Waals surface area (Å²) in [5, 5.41) is 13.0. The first kappa shape index (κ1) is 14.8. The van der Waals surface area contributed by atoms with Gasteiger partial charge in [0.2, 0.25) is 0 Å². The molecule has 1 saturated heterocycles. The Labute approximate surface area is 118 Å². The number of carbonyl (C=O) groups excluding carboxylic acids is 1. The Hall–Kier alpha value is -1.59. The third kappa shape index (κ3) is 3.95. The van der Waals surface area contributed by atoms with Crippen molar-refractivity contribution in [1.82, 2.24) is 5.32 Å². The number of hydrogen-bond donors (Lipinski definition) is 2. The minimum Gasteiger partial charge on any atom is -0.494 e. The van der Waals surface area contributed by atoms with Crippen LogP contribution in [0.25, 0.3) is 0 Å². The second kappa shape index (κ2) is 6.72. The zero-order chi connectivity index (χ0) is 14.4. The van der Waals surface area contributed by atoms with Crippen LogP contribution in [0.5, 0.6) is 5.75 Å². The van der Waals surface area contributed by atoms with Gasteiger partial charge in [0.15, 0.2) is 0 Å². The minimum absolute atomic E-state index is 0.187. The zero-order valence-electron chi connectivity index (χ0n) is 11.7. The molecule has 0 saturated carbocycles. The Bertz CT molecular complexity index is 438. The lowest BCUT2D eigenvalue weighted by molar-refractivity contribution is -0.0605. The van der Waals surface area contributed by atoms with Crippen LogP contribution in [-0.4, -0.2) is 43.0 Å². The number of aliphatic hydroxyl groups is 1. The molecule has 1 aliphatic heterocycles. The van der Waals surface area contributed by atoms with Gasteiger partial charge in [-0.25, -0.2) is 0 Å². The summed E-state index contributed by atoms with van der Waals surface area (Å²) < 4.78 is 10.5. The Balaban J connectivity index is 1.87. The first-order valence-corrected chi connectivity index (χ1v) is 6.94. The van der Waals surface area contributed by atoms with Crippen LogP contribution in [0.15, 0.2) is 24.3 Å². The van der Waals surface area contributed by atoms with Crippen molar-refractivity contribution >= 4 is 5.91 Å². The van der Waals surface area contributed by atoms with Gasteiger partial charge in [-0.3, -0.25) is 4.79 Å². The topological polar surface area (TPSA) is 67.8 Å². The van der Waals surface area contributed by atoms with Crippen molar-refractivity contribution in [3.8, 4) is 5.75 Å². The van der Waals surface area contributed by atoms with Gasteiger partial charge >= 0.3 is 0 Å². The maximum Gasteiger partial charge on any atom is 0.251 e. The van der Waals surface area contributed by atoms with Gasteiger partial charge in [-0.2, -0.15) is 0 Å². The molecule has 20 heavy (non-hydrogen) atoms. The van der Waals surface area contributed by atoms with Crippen molar-refractivity contribution < 1.29 is 19.4 Å². The lowest BCUT2D eigenvalue weighted by atomic mass is 9.94. The van der Waals surface area contributed by atoms with E-state index >= 15 is 0 Å². The zero-order valence-corrected chi connectivity index (χ0v) is 11.7. The molecule has 5 nitrogen and oxygen atoms in total. The average Bonchev–Trinajstić information content (AvgIpc) is 2.47. The van der Waals surface area contributed by atoms with E-state index in [9.17, 15) is 9.90 Å². The highest BCUT2D eigenvalue weighted by molar-refractivity contribution is 5.94. The lowest BCUT2D eigenvalue weighted by Gasteiger charge is -2.32. The van der Waals surface area contributed by atoms with Crippen molar-refractivity contribution in [1.29, 1.82) is 0 Å². The molecule has 0 aromatic heterocycles. The molecule has 0 spiro atoms. The summed E-state index contributed by atoms with van der Waals surface area (Å²) in [7, 11) is 0. The molecule has 5 heteroatoms. The Morgan fingerprint density at radius 2 is 2.00 bits per heavy atom. The van der Waals surface area contributed by atoms with E-state index in [1.54, 1.807) is 24.3 Å². The second-order valence-electron chi connectivity index (χ2n) is 4.98. The maximum absolute atomic E-state index is 12.0. The first-order valence-electron chi connectivity index (χ1n) is 6.94. The monoisotopic (exact) mass is 279 g/mol. The van der Waals surface area contributed by atoms with E-state index in [4.69, 9.17) is 9.47 Å². The van der Waals surface area contributed by atoms with Crippen LogP contribution in [0, 0.1) is 0 Å². The SMILES string of the molecule is CCOc1ccc(C(=O)NCC2(O)CCOCC2)cc1. The van der Waals surface area contributed by atoms with E-state index in [1.807, 2.05) is 6.92 Å². The molecular weight excluding hydrogens is 258 g/mol. The van der Waals surface area contributed by atoms with Crippen LogP contribution >= 0.6 is 0 Å². The van der Waals surface area contributed by atoms with E-state index in [-0.39, 0.29) is 12.5 Å². The molecule has 110 valence electrons. The number of amides is 1. The highest BCUT2D eigenvalue weighted by atomic mass is 16.5. The fourth-order valence-corrected chi connectivity index (χ4v) is 2.14. The predicted molar refractivity (Wildman–Crippen MR) is 74.9 cm³/mol. The van der Waals surface area contributed by atoms with Crippen LogP contribution in [0.4, 0.5) is 0 Å². The molecule has 1 heterocycles. The summed E-state index contributed by atoms with van der Waals surface area (Å²) in [5.41, 5.74) is -0.289. The predicted octanol–water partition coefficient (Wildman–Crippen LogP) is 1.36. The molecular formula is C15H21NO4. The summed E-state index contributed by atoms with van der Waals surface area (Å²) in [6.45, 7) is 3.84. The van der Waals surface area contributed by atoms with Gasteiger partial charge < -0.3 is 19.9 Å². The van der Waals surface area contributed by atoms with Gasteiger partial charge in [-0.1, -0.05) is 0 Å². The fraction of sp³-hybridized carbons (Fsp3) is 0.533. The number of benzene rings is 1. The van der Waals surface area contributed by atoms with Crippen LogP contribution in [0.2, 0.25) is 0 Å². The van der Waals surface area contributed by atoms with Gasteiger partial charge in [0, 0.05) is 38.2 Å². The van der Waals surface area contributed by atoms with Gasteiger partial charge in [0.25, 0.3) is 5.91 Å². The highest BCUT2D eigenvalue weighted by Crippen LogP contribution is 2.19. The van der Waals surface area contributed by atoms with E-state index in [0.29, 0.717) is 38.2 Å². The third-order valence-corrected chi connectivity index (χ3v) is 3.43. The molecule has 0 unspecified atom stereocenters. The Morgan fingerprint density at radius 1 is 1.35 bits per heavy atom. The standard InChI is InChI=1S/C15H21NO4/c1-2-20-13-5-3-12(4-6-13)14(17)16-11-15(18)7-9-19-10-8-15/h3-6,18H,2,7-11H2,1H3,(H,16,17). The summed E-state index contributed by atoms with van der Waals surface area (Å²) in [6, 6.07) is 6.96. The van der Waals surface area contributed by atoms with Gasteiger partial charge in [-0.15, -0.1) is 0 Å². The number of nitrogens with one attached hydrogen (secondary N) is 1. The molecule has 1 fully saturated rings. The smallest absolute Gasteiger partial charge is 0.251 e. The largest absolute Gasteiger partial charge is 0.494 e. The Morgan fingerprint density at radius 3 is 2.60 bits per heavy atom. The van der Waals surface area contributed by atoms with Crippen LogP contribution < -0.4 is 10.1 Å². The molecule has 1 amide bonds. The molecule has 1 aliphatic rings. The highest BCUT2D eigenvalue weighted by Gasteiger charge is 2.30. The van der Waals surface area contributed by atoms with Crippen molar-refractivity contribution in [3.63, 3.8) is 0 Å². The lowest BCUT2D eigenvalue weighted by Crippen LogP contribution is -2.46. The molecule has 2 rings (SSSR count). The first-order chi connectivity index (χ1) is 9.63. The number of hydrogen-bond acceptors (Lipinski definition) is 4. The van der Waals surface area contributed by atoms with Crippen LogP contribution in [0.1, 0.15) is 30.1 Å². The van der Waals surface area contributed by atoms with Crippen molar-refractivity contribution in [2.75, 3.05) is 26.4 Å². The van der Waals surface area contributed by atoms with E-state index in [2.05, 4.69) is 5.32 Å². The number of ether oxygens (including phenoxy) is 2. The number of rotatable bonds is 5. The van der Waals surface area contributed by atoms with E-state index in [1.165, 1.54) is 0 Å². The second-order valence-corrected chi connectivity index (χ2v) is 4.98. The molecule has 1 aromatic carbocycles. The average molecular weight is 279 g/mol. The summed E-state index contributed by atoms with van der Waals surface area (Å²) in [6.07, 6.45) is 1.10. The molecule has 0 radical (unpaired) electrons. The quantitative estimate of drug-likeness (QED) is 0.854. The van der Waals surface area contributed by atoms with E-state index in [0.717, 1.165) is 5.75 Å². The Kier molecular flexibility index (Phi) is 4.98. The van der Waals surface area contributed by atoms with Crippen molar-refractivity contribution in [3.05, 3.63) is 29.8 Å². The molecule has 0 aliphatic carbocycles. The normalized spacial score (nSPS) is 17.5. The summed E-state index contributed by atoms with van der Waals surface area (Å²) >= 11 is 0. The minimum atomic E-state index is -0.848. The van der Waals surface area contributed by atoms with Gasteiger partial charge in [0.1, 0.15) is 5.75 Å². The van der Waals surface area contributed by atoms with E-state index < -0.39 is 5.60 Å². The van der Waals surface area contributed by atoms with Crippen molar-refractivity contribution in [2.24, 2.45) is 0 Å². The molecule has 0 bridgehead atoms. The number of carbonyl (C=O) groups is 1. The fourth-order valence-electron chi connectivity index (χ4n) is 2.14. The maximum atomic E-state index is 12.0. The van der Waals surface area contributed by atoms with Crippen LogP contribution in [0.3, 0.4) is 0 Å². The van der Waals surface area contributed by atoms with Crippen LogP contribution in [-0.2, 0) is 4.74 Å². The molecule has 1 aromatic rings. The molecule has 2 N–H and O–H groups in total. The van der Waals surface area contributed by atoms with Gasteiger partial charge in [-0.05, 0) is 31.2 Å². The summed E-state index contributed by atoms with van der Waals surface area (Å²) in [5.74, 6) is 0.556. The van der Waals surface area contributed by atoms with Crippen molar-refractivity contribution in [2.45, 2.75) is 25.4 Å².